The molecule has 3 amide bonds. The summed E-state index contributed by atoms with van der Waals surface area (Å²) < 4.78 is 5.53. The lowest BCUT2D eigenvalue weighted by Crippen LogP contribution is -3.12. The maximum absolute atomic E-state index is 12.2. The zero-order chi connectivity index (χ0) is 16.8. The predicted molar refractivity (Wildman–Crippen MR) is 87.0 cm³/mol. The highest BCUT2D eigenvalue weighted by atomic mass is 16.3. The van der Waals surface area contributed by atoms with E-state index in [2.05, 4.69) is 10.6 Å². The molecule has 1 aliphatic rings. The topological polar surface area (TPSA) is 75.8 Å². The third-order valence-electron chi connectivity index (χ3n) is 4.56. The Morgan fingerprint density at radius 2 is 2.00 bits per heavy atom. The average molecular weight is 322 g/mol. The van der Waals surface area contributed by atoms with Crippen LogP contribution >= 0.6 is 0 Å². The Kier molecular flexibility index (Phi) is 6.21. The number of carbonyl (C=O) groups is 2. The molecule has 0 aliphatic heterocycles. The number of nitrogens with one attached hydrogen (secondary N) is 3. The molecule has 1 heterocycles. The van der Waals surface area contributed by atoms with Gasteiger partial charge in [0.05, 0.1) is 7.05 Å². The number of aryl methyl sites for hydroxylation is 1. The lowest BCUT2D eigenvalue weighted by atomic mass is 9.96. The van der Waals surface area contributed by atoms with Crippen LogP contribution in [0.1, 0.15) is 50.5 Å². The highest BCUT2D eigenvalue weighted by Crippen LogP contribution is 2.17. The smallest absolute Gasteiger partial charge is 0.321 e. The number of quaternary nitrogens is 1. The summed E-state index contributed by atoms with van der Waals surface area (Å²) in [6, 6.07) is 3.31. The molecule has 1 aromatic heterocycles. The van der Waals surface area contributed by atoms with Crippen LogP contribution < -0.4 is 15.5 Å². The molecule has 1 aliphatic carbocycles. The van der Waals surface area contributed by atoms with Crippen molar-refractivity contribution in [2.24, 2.45) is 0 Å². The van der Waals surface area contributed by atoms with Crippen LogP contribution in [0.3, 0.4) is 0 Å². The lowest BCUT2D eigenvalue weighted by Gasteiger charge is -2.24. The minimum atomic E-state index is -0.379. The second-order valence-corrected chi connectivity index (χ2v) is 6.55. The Balaban J connectivity index is 1.77. The standard InChI is InChI=1S/C17H27N3O3/c1-12-9-10-15(23-12)11-20(3)13(2)16(21)19-17(22)18-14-7-5-4-6-8-14/h9-10,13-14H,4-8,11H2,1-3H3,(H2,18,19,21,22)/p+1/t13-/m1/s1. The highest BCUT2D eigenvalue weighted by Gasteiger charge is 2.25. The maximum Gasteiger partial charge on any atom is 0.321 e. The lowest BCUT2D eigenvalue weighted by molar-refractivity contribution is -0.909. The van der Waals surface area contributed by atoms with Gasteiger partial charge in [-0.15, -0.1) is 0 Å². The predicted octanol–water partition coefficient (Wildman–Crippen LogP) is 1.15. The number of amides is 3. The van der Waals surface area contributed by atoms with E-state index < -0.39 is 0 Å². The first kappa shape index (κ1) is 17.5. The minimum absolute atomic E-state index is 0.197. The molecule has 1 unspecified atom stereocenters. The van der Waals surface area contributed by atoms with Gasteiger partial charge in [0.25, 0.3) is 5.91 Å². The molecule has 0 saturated heterocycles. The van der Waals surface area contributed by atoms with Gasteiger partial charge in [-0.2, -0.15) is 0 Å². The molecule has 23 heavy (non-hydrogen) atoms. The molecule has 1 saturated carbocycles. The Bertz CT molecular complexity index is 535. The van der Waals surface area contributed by atoms with Crippen LogP contribution in [0.4, 0.5) is 4.79 Å². The first-order valence-corrected chi connectivity index (χ1v) is 8.44. The van der Waals surface area contributed by atoms with Crippen molar-refractivity contribution in [3.05, 3.63) is 23.7 Å². The third-order valence-corrected chi connectivity index (χ3v) is 4.56. The van der Waals surface area contributed by atoms with Crippen LogP contribution in [0, 0.1) is 6.92 Å². The number of urea groups is 1. The van der Waals surface area contributed by atoms with Crippen LogP contribution in [0.2, 0.25) is 0 Å². The van der Waals surface area contributed by atoms with Crippen LogP contribution in [-0.2, 0) is 11.3 Å². The van der Waals surface area contributed by atoms with Crippen molar-refractivity contribution in [3.63, 3.8) is 0 Å². The molecule has 1 aromatic rings. The van der Waals surface area contributed by atoms with E-state index >= 15 is 0 Å². The average Bonchev–Trinajstić information content (AvgIpc) is 2.92. The van der Waals surface area contributed by atoms with E-state index in [0.29, 0.717) is 6.54 Å². The van der Waals surface area contributed by atoms with Gasteiger partial charge in [-0.3, -0.25) is 10.1 Å². The molecule has 0 spiro atoms. The van der Waals surface area contributed by atoms with E-state index in [1.165, 1.54) is 6.42 Å². The van der Waals surface area contributed by atoms with E-state index in [-0.39, 0.29) is 24.0 Å². The number of imide groups is 1. The number of carbonyl (C=O) groups excluding carboxylic acids is 2. The van der Waals surface area contributed by atoms with E-state index in [1.807, 2.05) is 33.0 Å². The van der Waals surface area contributed by atoms with Crippen molar-refractivity contribution in [2.45, 2.75) is 64.6 Å². The molecule has 3 N–H and O–H groups in total. The summed E-state index contributed by atoms with van der Waals surface area (Å²) in [6.45, 7) is 4.31. The summed E-state index contributed by atoms with van der Waals surface area (Å²) >= 11 is 0. The van der Waals surface area contributed by atoms with E-state index in [9.17, 15) is 9.59 Å². The Morgan fingerprint density at radius 3 is 2.61 bits per heavy atom. The quantitative estimate of drug-likeness (QED) is 0.761. The van der Waals surface area contributed by atoms with Gasteiger partial charge in [-0.25, -0.2) is 4.79 Å². The molecule has 0 aromatic carbocycles. The Labute approximate surface area is 137 Å². The van der Waals surface area contributed by atoms with Crippen molar-refractivity contribution < 1.29 is 18.9 Å². The summed E-state index contributed by atoms with van der Waals surface area (Å²) in [4.78, 5) is 25.1. The molecular weight excluding hydrogens is 294 g/mol. The van der Waals surface area contributed by atoms with Crippen LogP contribution in [0.15, 0.2) is 16.5 Å². The van der Waals surface area contributed by atoms with Gasteiger partial charge in [-0.1, -0.05) is 19.3 Å². The number of rotatable bonds is 5. The molecule has 0 bridgehead atoms. The fourth-order valence-corrected chi connectivity index (χ4v) is 2.92. The second-order valence-electron chi connectivity index (χ2n) is 6.55. The van der Waals surface area contributed by atoms with Crippen LogP contribution in [-0.4, -0.2) is 31.1 Å². The summed E-state index contributed by atoms with van der Waals surface area (Å²) in [5.41, 5.74) is 0. The second kappa shape index (κ2) is 8.15. The van der Waals surface area contributed by atoms with Crippen molar-refractivity contribution in [3.8, 4) is 0 Å². The van der Waals surface area contributed by atoms with Gasteiger partial charge in [0.15, 0.2) is 11.8 Å². The molecule has 6 heteroatoms. The molecule has 128 valence electrons. The van der Waals surface area contributed by atoms with Crippen molar-refractivity contribution >= 4 is 11.9 Å². The summed E-state index contributed by atoms with van der Waals surface area (Å²) in [5, 5.41) is 5.36. The monoisotopic (exact) mass is 322 g/mol. The number of furan rings is 1. The van der Waals surface area contributed by atoms with E-state index in [1.54, 1.807) is 0 Å². The molecular formula is C17H28N3O3+. The fourth-order valence-electron chi connectivity index (χ4n) is 2.92. The Morgan fingerprint density at radius 1 is 1.30 bits per heavy atom. The zero-order valence-electron chi connectivity index (χ0n) is 14.3. The van der Waals surface area contributed by atoms with Gasteiger partial charge < -0.3 is 14.6 Å². The first-order valence-electron chi connectivity index (χ1n) is 8.44. The van der Waals surface area contributed by atoms with Gasteiger partial charge in [0.2, 0.25) is 0 Å². The van der Waals surface area contributed by atoms with E-state index in [0.717, 1.165) is 42.1 Å². The SMILES string of the molecule is Cc1ccc(C[NH+](C)[C@H](C)C(=O)NC(=O)NC2CCCCC2)o1. The number of hydrogen-bond acceptors (Lipinski definition) is 3. The molecule has 6 nitrogen and oxygen atoms in total. The summed E-state index contributed by atoms with van der Waals surface area (Å²) in [5.74, 6) is 1.43. The number of hydrogen-bond donors (Lipinski definition) is 3. The molecule has 2 rings (SSSR count). The zero-order valence-corrected chi connectivity index (χ0v) is 14.3. The summed E-state index contributed by atoms with van der Waals surface area (Å²) in [7, 11) is 1.92. The minimum Gasteiger partial charge on any atom is -0.460 e. The van der Waals surface area contributed by atoms with Crippen LogP contribution in [0.5, 0.6) is 0 Å². The number of likely N-dealkylation sites (N-methyl/N-ethyl adjacent to an activating group) is 1. The third kappa shape index (κ3) is 5.39. The highest BCUT2D eigenvalue weighted by molar-refractivity contribution is 5.96. The Hall–Kier alpha value is -1.82. The van der Waals surface area contributed by atoms with Crippen molar-refractivity contribution in [1.29, 1.82) is 0 Å². The van der Waals surface area contributed by atoms with Gasteiger partial charge >= 0.3 is 6.03 Å². The first-order chi connectivity index (χ1) is 11.0. The molecule has 0 radical (unpaired) electrons. The largest absolute Gasteiger partial charge is 0.460 e. The van der Waals surface area contributed by atoms with Gasteiger partial charge in [-0.05, 0) is 38.8 Å². The normalized spacial score (nSPS) is 18.2. The van der Waals surface area contributed by atoms with E-state index in [4.69, 9.17) is 4.42 Å². The molecule has 2 atom stereocenters. The molecule has 1 fully saturated rings. The van der Waals surface area contributed by atoms with Crippen molar-refractivity contribution in [2.75, 3.05) is 7.05 Å². The van der Waals surface area contributed by atoms with Crippen LogP contribution in [0.25, 0.3) is 0 Å². The van der Waals surface area contributed by atoms with Gasteiger partial charge in [0.1, 0.15) is 12.3 Å². The fraction of sp³-hybridized carbons (Fsp3) is 0.647. The van der Waals surface area contributed by atoms with Crippen molar-refractivity contribution in [1.82, 2.24) is 10.6 Å². The van der Waals surface area contributed by atoms with Gasteiger partial charge in [0, 0.05) is 6.04 Å². The summed E-state index contributed by atoms with van der Waals surface area (Å²) in [6.07, 6.45) is 5.52. The maximum atomic E-state index is 12.2.